The Bertz CT molecular complexity index is 573. The van der Waals surface area contributed by atoms with Crippen LogP contribution in [0.15, 0.2) is 41.6 Å². The van der Waals surface area contributed by atoms with Crippen molar-refractivity contribution < 1.29 is 0 Å². The van der Waals surface area contributed by atoms with Crippen LogP contribution < -0.4 is 11.5 Å². The Kier molecular flexibility index (Phi) is 4.21. The van der Waals surface area contributed by atoms with Crippen molar-refractivity contribution in [2.45, 2.75) is 11.1 Å². The van der Waals surface area contributed by atoms with Gasteiger partial charge >= 0.3 is 0 Å². The van der Waals surface area contributed by atoms with E-state index in [1.807, 2.05) is 30.3 Å². The minimum Gasteiger partial charge on any atom is -0.383 e. The van der Waals surface area contributed by atoms with Gasteiger partial charge in [-0.25, -0.2) is 9.97 Å². The molecule has 6 heteroatoms. The first kappa shape index (κ1) is 13.2. The summed E-state index contributed by atoms with van der Waals surface area (Å²) in [5, 5.41) is 9.71. The summed E-state index contributed by atoms with van der Waals surface area (Å²) in [6, 6.07) is 13.4. The van der Waals surface area contributed by atoms with E-state index in [-0.39, 0.29) is 5.92 Å². The summed E-state index contributed by atoms with van der Waals surface area (Å²) in [6.45, 7) is 0. The van der Waals surface area contributed by atoms with Crippen molar-refractivity contribution in [3.63, 3.8) is 0 Å². The highest BCUT2D eigenvalue weighted by Gasteiger charge is 2.12. The fourth-order valence-electron chi connectivity index (χ4n) is 1.58. The van der Waals surface area contributed by atoms with Gasteiger partial charge in [0.2, 0.25) is 0 Å². The monoisotopic (exact) mass is 271 g/mol. The van der Waals surface area contributed by atoms with E-state index in [1.54, 1.807) is 0 Å². The van der Waals surface area contributed by atoms with Crippen LogP contribution >= 0.6 is 11.8 Å². The fraction of sp³-hybridized carbons (Fsp3) is 0.154. The Morgan fingerprint density at radius 2 is 1.79 bits per heavy atom. The summed E-state index contributed by atoms with van der Waals surface area (Å²) >= 11 is 1.37. The van der Waals surface area contributed by atoms with Crippen LogP contribution in [0.5, 0.6) is 0 Å². The van der Waals surface area contributed by atoms with E-state index in [2.05, 4.69) is 16.0 Å². The van der Waals surface area contributed by atoms with Gasteiger partial charge in [-0.15, -0.1) is 0 Å². The second kappa shape index (κ2) is 6.07. The number of nitriles is 1. The number of rotatable bonds is 4. The van der Waals surface area contributed by atoms with Gasteiger partial charge in [-0.2, -0.15) is 5.26 Å². The molecule has 1 aromatic carbocycles. The number of aromatic nitrogens is 2. The number of nitrogens with two attached hydrogens (primary N) is 2. The lowest BCUT2D eigenvalue weighted by Gasteiger charge is -2.08. The molecule has 96 valence electrons. The molecule has 2 aromatic rings. The third-order valence-corrected chi connectivity index (χ3v) is 3.42. The van der Waals surface area contributed by atoms with Crippen LogP contribution in [0.1, 0.15) is 11.5 Å². The largest absolute Gasteiger partial charge is 0.383 e. The zero-order valence-electron chi connectivity index (χ0n) is 10.2. The zero-order chi connectivity index (χ0) is 13.7. The topological polar surface area (TPSA) is 102 Å². The minimum absolute atomic E-state index is 0.211. The van der Waals surface area contributed by atoms with Crippen LogP contribution in [0.25, 0.3) is 0 Å². The first-order valence-corrected chi connectivity index (χ1v) is 6.65. The fourth-order valence-corrected chi connectivity index (χ4v) is 2.50. The van der Waals surface area contributed by atoms with Crippen molar-refractivity contribution in [2.24, 2.45) is 0 Å². The molecule has 5 nitrogen and oxygen atoms in total. The van der Waals surface area contributed by atoms with E-state index in [1.165, 1.54) is 17.8 Å². The molecule has 0 bridgehead atoms. The molecule has 0 amide bonds. The molecule has 0 radical (unpaired) electrons. The van der Waals surface area contributed by atoms with Crippen LogP contribution in [-0.4, -0.2) is 15.7 Å². The molecule has 1 atom stereocenters. The van der Waals surface area contributed by atoms with Crippen molar-refractivity contribution in [3.8, 4) is 6.07 Å². The second-order valence-corrected chi connectivity index (χ2v) is 4.89. The highest BCUT2D eigenvalue weighted by molar-refractivity contribution is 7.99. The van der Waals surface area contributed by atoms with Gasteiger partial charge in [0.15, 0.2) is 5.16 Å². The van der Waals surface area contributed by atoms with Gasteiger partial charge in [0.25, 0.3) is 0 Å². The Morgan fingerprint density at radius 1 is 1.16 bits per heavy atom. The van der Waals surface area contributed by atoms with Gasteiger partial charge < -0.3 is 11.5 Å². The molecule has 0 saturated heterocycles. The van der Waals surface area contributed by atoms with Gasteiger partial charge in [-0.1, -0.05) is 42.1 Å². The van der Waals surface area contributed by atoms with E-state index < -0.39 is 0 Å². The number of benzene rings is 1. The molecule has 4 N–H and O–H groups in total. The van der Waals surface area contributed by atoms with Crippen LogP contribution in [0.2, 0.25) is 0 Å². The van der Waals surface area contributed by atoms with Gasteiger partial charge in [-0.05, 0) is 5.56 Å². The normalized spacial score (nSPS) is 11.7. The number of nitrogen functional groups attached to an aromatic ring is 2. The Balaban J connectivity index is 2.07. The summed E-state index contributed by atoms with van der Waals surface area (Å²) in [4.78, 5) is 8.15. The Labute approximate surface area is 115 Å². The van der Waals surface area contributed by atoms with E-state index in [4.69, 9.17) is 11.5 Å². The lowest BCUT2D eigenvalue weighted by Crippen LogP contribution is -2.02. The highest BCUT2D eigenvalue weighted by Crippen LogP contribution is 2.24. The predicted octanol–water partition coefficient (Wildman–Crippen LogP) is 2.04. The summed E-state index contributed by atoms with van der Waals surface area (Å²) in [5.74, 6) is 1.02. The van der Waals surface area contributed by atoms with Crippen molar-refractivity contribution in [1.29, 1.82) is 5.26 Å². The number of thioether (sulfide) groups is 1. The third kappa shape index (κ3) is 3.60. The lowest BCUT2D eigenvalue weighted by molar-refractivity contribution is 0.958. The third-order valence-electron chi connectivity index (χ3n) is 2.48. The van der Waals surface area contributed by atoms with Gasteiger partial charge in [0.1, 0.15) is 11.6 Å². The SMILES string of the molecule is N#CC(CSc1nc(N)cc(N)n1)c1ccccc1. The Hall–Kier alpha value is -2.26. The van der Waals surface area contributed by atoms with Gasteiger partial charge in [-0.3, -0.25) is 0 Å². The van der Waals surface area contributed by atoms with Crippen LogP contribution in [0.3, 0.4) is 0 Å². The quantitative estimate of drug-likeness (QED) is 0.651. The first-order valence-electron chi connectivity index (χ1n) is 5.66. The van der Waals surface area contributed by atoms with E-state index >= 15 is 0 Å². The number of nitrogens with zero attached hydrogens (tertiary/aromatic N) is 3. The average molecular weight is 271 g/mol. The molecule has 0 spiro atoms. The van der Waals surface area contributed by atoms with Crippen molar-refractivity contribution in [3.05, 3.63) is 42.0 Å². The van der Waals surface area contributed by atoms with E-state index in [9.17, 15) is 5.26 Å². The molecule has 0 saturated carbocycles. The van der Waals surface area contributed by atoms with E-state index in [0.717, 1.165) is 5.56 Å². The lowest BCUT2D eigenvalue weighted by atomic mass is 10.0. The van der Waals surface area contributed by atoms with Crippen LogP contribution in [0.4, 0.5) is 11.6 Å². The number of anilines is 2. The molecule has 1 aromatic heterocycles. The van der Waals surface area contributed by atoms with Crippen LogP contribution in [0, 0.1) is 11.3 Å². The summed E-state index contributed by atoms with van der Waals surface area (Å²) in [5.41, 5.74) is 12.2. The Morgan fingerprint density at radius 3 is 2.37 bits per heavy atom. The number of hydrogen-bond donors (Lipinski definition) is 2. The number of hydrogen-bond acceptors (Lipinski definition) is 6. The van der Waals surface area contributed by atoms with E-state index in [0.29, 0.717) is 22.5 Å². The smallest absolute Gasteiger partial charge is 0.191 e. The first-order chi connectivity index (χ1) is 9.19. The second-order valence-electron chi connectivity index (χ2n) is 3.90. The van der Waals surface area contributed by atoms with Crippen molar-refractivity contribution in [2.75, 3.05) is 17.2 Å². The van der Waals surface area contributed by atoms with Crippen LogP contribution in [-0.2, 0) is 0 Å². The van der Waals surface area contributed by atoms with Crippen molar-refractivity contribution >= 4 is 23.4 Å². The maximum absolute atomic E-state index is 9.21. The molecule has 1 unspecified atom stereocenters. The summed E-state index contributed by atoms with van der Waals surface area (Å²) < 4.78 is 0. The molecular formula is C13H13N5S. The predicted molar refractivity (Wildman–Crippen MR) is 76.4 cm³/mol. The molecule has 0 aliphatic heterocycles. The minimum atomic E-state index is -0.211. The maximum Gasteiger partial charge on any atom is 0.191 e. The average Bonchev–Trinajstić information content (AvgIpc) is 2.39. The zero-order valence-corrected chi connectivity index (χ0v) is 11.0. The molecule has 0 fully saturated rings. The molecule has 0 aliphatic rings. The standard InChI is InChI=1S/C13H13N5S/c14-7-10(9-4-2-1-3-5-9)8-19-13-17-11(15)6-12(16)18-13/h1-6,10H,8H2,(H4,15,16,17,18). The molecule has 2 rings (SSSR count). The summed E-state index contributed by atoms with van der Waals surface area (Å²) in [6.07, 6.45) is 0. The molecule has 19 heavy (non-hydrogen) atoms. The maximum atomic E-state index is 9.21. The highest BCUT2D eigenvalue weighted by atomic mass is 32.2. The van der Waals surface area contributed by atoms with Gasteiger partial charge in [0, 0.05) is 11.8 Å². The van der Waals surface area contributed by atoms with Gasteiger partial charge in [0.05, 0.1) is 12.0 Å². The van der Waals surface area contributed by atoms with Crippen molar-refractivity contribution in [1.82, 2.24) is 9.97 Å². The molecule has 1 heterocycles. The molecular weight excluding hydrogens is 258 g/mol. The molecule has 0 aliphatic carbocycles. The summed E-state index contributed by atoms with van der Waals surface area (Å²) in [7, 11) is 0.